The van der Waals surface area contributed by atoms with Gasteiger partial charge in [0.2, 0.25) is 0 Å². The number of carbonyl (C=O) groups is 1. The number of fused-ring (bicyclic) bond motifs is 1. The van der Waals surface area contributed by atoms with E-state index in [1.165, 1.54) is 12.7 Å². The highest BCUT2D eigenvalue weighted by molar-refractivity contribution is 9.10. The van der Waals surface area contributed by atoms with Crippen molar-refractivity contribution >= 4 is 21.9 Å². The van der Waals surface area contributed by atoms with Gasteiger partial charge in [-0.2, -0.15) is 0 Å². The molecule has 0 aromatic heterocycles. The van der Waals surface area contributed by atoms with Crippen LogP contribution in [-0.2, 0) is 22.4 Å². The SMILES string of the molecule is COC(=O)C1(N)CCc2ccc(Br)cc2C1. The monoisotopic (exact) mass is 283 g/mol. The van der Waals surface area contributed by atoms with Crippen LogP contribution >= 0.6 is 15.9 Å². The molecule has 1 aliphatic rings. The van der Waals surface area contributed by atoms with Gasteiger partial charge in [0.25, 0.3) is 0 Å². The third-order valence-electron chi connectivity index (χ3n) is 3.11. The van der Waals surface area contributed by atoms with Crippen LogP contribution in [0.5, 0.6) is 0 Å². The van der Waals surface area contributed by atoms with Gasteiger partial charge in [0.05, 0.1) is 7.11 Å². The summed E-state index contributed by atoms with van der Waals surface area (Å²) in [6, 6.07) is 6.12. The highest BCUT2D eigenvalue weighted by Gasteiger charge is 2.38. The minimum atomic E-state index is -0.859. The first-order valence-corrected chi connectivity index (χ1v) is 5.99. The Bertz CT molecular complexity index is 433. The highest BCUT2D eigenvalue weighted by atomic mass is 79.9. The molecule has 0 spiro atoms. The van der Waals surface area contributed by atoms with E-state index in [2.05, 4.69) is 22.0 Å². The normalized spacial score (nSPS) is 23.7. The van der Waals surface area contributed by atoms with E-state index < -0.39 is 5.54 Å². The van der Waals surface area contributed by atoms with Crippen molar-refractivity contribution in [2.24, 2.45) is 5.73 Å². The Labute approximate surface area is 103 Å². The highest BCUT2D eigenvalue weighted by Crippen LogP contribution is 2.29. The summed E-state index contributed by atoms with van der Waals surface area (Å²) in [6.07, 6.45) is 2.02. The van der Waals surface area contributed by atoms with E-state index in [9.17, 15) is 4.79 Å². The van der Waals surface area contributed by atoms with Crippen LogP contribution < -0.4 is 5.73 Å². The van der Waals surface area contributed by atoms with E-state index in [0.717, 1.165) is 16.5 Å². The molecule has 0 aliphatic heterocycles. The number of halogens is 1. The van der Waals surface area contributed by atoms with E-state index >= 15 is 0 Å². The van der Waals surface area contributed by atoms with Gasteiger partial charge in [-0.15, -0.1) is 0 Å². The summed E-state index contributed by atoms with van der Waals surface area (Å²) in [5, 5.41) is 0. The minimum absolute atomic E-state index is 0.321. The molecular formula is C12H14BrNO2. The predicted molar refractivity (Wildman–Crippen MR) is 65.1 cm³/mol. The van der Waals surface area contributed by atoms with Crippen LogP contribution in [0.15, 0.2) is 22.7 Å². The number of hydrogen-bond donors (Lipinski definition) is 1. The molecule has 1 aromatic rings. The number of ether oxygens (including phenoxy) is 1. The van der Waals surface area contributed by atoms with Crippen molar-refractivity contribution in [2.45, 2.75) is 24.8 Å². The van der Waals surface area contributed by atoms with Crippen LogP contribution in [0.2, 0.25) is 0 Å². The Hall–Kier alpha value is -0.870. The van der Waals surface area contributed by atoms with Crippen molar-refractivity contribution in [2.75, 3.05) is 7.11 Å². The Morgan fingerprint density at radius 3 is 2.94 bits per heavy atom. The van der Waals surface area contributed by atoms with Gasteiger partial charge in [0.15, 0.2) is 0 Å². The number of aryl methyl sites for hydroxylation is 1. The molecule has 0 radical (unpaired) electrons. The summed E-state index contributed by atoms with van der Waals surface area (Å²) in [7, 11) is 1.38. The number of benzene rings is 1. The van der Waals surface area contributed by atoms with Gasteiger partial charge in [-0.3, -0.25) is 4.79 Å². The Morgan fingerprint density at radius 1 is 1.50 bits per heavy atom. The number of methoxy groups -OCH3 is 1. The summed E-state index contributed by atoms with van der Waals surface area (Å²) in [5.74, 6) is -0.321. The van der Waals surface area contributed by atoms with Gasteiger partial charge in [0, 0.05) is 10.9 Å². The second-order valence-electron chi connectivity index (χ2n) is 4.24. The van der Waals surface area contributed by atoms with Gasteiger partial charge in [-0.05, 0) is 36.1 Å². The van der Waals surface area contributed by atoms with Crippen molar-refractivity contribution in [1.82, 2.24) is 0 Å². The van der Waals surface area contributed by atoms with Crippen molar-refractivity contribution in [1.29, 1.82) is 0 Å². The molecule has 2 N–H and O–H groups in total. The topological polar surface area (TPSA) is 52.3 Å². The molecule has 3 nitrogen and oxygen atoms in total. The first kappa shape index (κ1) is 11.6. The summed E-state index contributed by atoms with van der Waals surface area (Å²) < 4.78 is 5.78. The zero-order valence-corrected chi connectivity index (χ0v) is 10.7. The van der Waals surface area contributed by atoms with Gasteiger partial charge in [-0.25, -0.2) is 0 Å². The lowest BCUT2D eigenvalue weighted by molar-refractivity contribution is -0.147. The van der Waals surface area contributed by atoms with Crippen LogP contribution in [0.1, 0.15) is 17.5 Å². The van der Waals surface area contributed by atoms with E-state index in [0.29, 0.717) is 12.8 Å². The average Bonchev–Trinajstić information content (AvgIpc) is 2.27. The second-order valence-corrected chi connectivity index (χ2v) is 5.15. The van der Waals surface area contributed by atoms with E-state index in [1.54, 1.807) is 0 Å². The number of rotatable bonds is 1. The fourth-order valence-electron chi connectivity index (χ4n) is 2.17. The molecule has 0 bridgehead atoms. The van der Waals surface area contributed by atoms with Crippen LogP contribution in [0, 0.1) is 0 Å². The van der Waals surface area contributed by atoms with Crippen molar-refractivity contribution in [3.63, 3.8) is 0 Å². The molecule has 0 fully saturated rings. The molecule has 16 heavy (non-hydrogen) atoms. The van der Waals surface area contributed by atoms with Crippen LogP contribution in [-0.4, -0.2) is 18.6 Å². The molecule has 0 saturated heterocycles. The third kappa shape index (κ3) is 1.99. The van der Waals surface area contributed by atoms with Crippen LogP contribution in [0.4, 0.5) is 0 Å². The van der Waals surface area contributed by atoms with Crippen LogP contribution in [0.3, 0.4) is 0 Å². The maximum atomic E-state index is 11.6. The smallest absolute Gasteiger partial charge is 0.326 e. The van der Waals surface area contributed by atoms with Crippen molar-refractivity contribution < 1.29 is 9.53 Å². The maximum absolute atomic E-state index is 11.6. The minimum Gasteiger partial charge on any atom is -0.468 e. The first-order valence-electron chi connectivity index (χ1n) is 5.20. The van der Waals surface area contributed by atoms with Gasteiger partial charge < -0.3 is 10.5 Å². The van der Waals surface area contributed by atoms with E-state index in [1.807, 2.05) is 12.1 Å². The molecule has 4 heteroatoms. The quantitative estimate of drug-likeness (QED) is 0.800. The Kier molecular flexibility index (Phi) is 3.04. The van der Waals surface area contributed by atoms with Gasteiger partial charge in [-0.1, -0.05) is 22.0 Å². The summed E-state index contributed by atoms with van der Waals surface area (Å²) in [6.45, 7) is 0. The molecule has 1 atom stereocenters. The fourth-order valence-corrected chi connectivity index (χ4v) is 2.57. The molecule has 1 unspecified atom stereocenters. The lowest BCUT2D eigenvalue weighted by Gasteiger charge is -2.32. The molecule has 0 saturated carbocycles. The zero-order valence-electron chi connectivity index (χ0n) is 9.13. The maximum Gasteiger partial charge on any atom is 0.326 e. The number of esters is 1. The predicted octanol–water partition coefficient (Wildman–Crippen LogP) is 1.81. The first-order chi connectivity index (χ1) is 7.55. The van der Waals surface area contributed by atoms with Crippen molar-refractivity contribution in [3.8, 4) is 0 Å². The van der Waals surface area contributed by atoms with Crippen LogP contribution in [0.25, 0.3) is 0 Å². The fraction of sp³-hybridized carbons (Fsp3) is 0.417. The number of nitrogens with two attached hydrogens (primary N) is 1. The lowest BCUT2D eigenvalue weighted by atomic mass is 9.79. The zero-order chi connectivity index (χ0) is 11.8. The average molecular weight is 284 g/mol. The molecule has 0 amide bonds. The number of hydrogen-bond acceptors (Lipinski definition) is 3. The molecular weight excluding hydrogens is 270 g/mol. The number of carbonyl (C=O) groups excluding carboxylic acids is 1. The molecule has 86 valence electrons. The molecule has 1 aliphatic carbocycles. The Morgan fingerprint density at radius 2 is 2.25 bits per heavy atom. The van der Waals surface area contributed by atoms with E-state index in [4.69, 9.17) is 10.5 Å². The summed E-state index contributed by atoms with van der Waals surface area (Å²) in [5.41, 5.74) is 7.63. The summed E-state index contributed by atoms with van der Waals surface area (Å²) in [4.78, 5) is 11.6. The lowest BCUT2D eigenvalue weighted by Crippen LogP contribution is -2.52. The van der Waals surface area contributed by atoms with Gasteiger partial charge >= 0.3 is 5.97 Å². The van der Waals surface area contributed by atoms with E-state index in [-0.39, 0.29) is 5.97 Å². The molecule has 2 rings (SSSR count). The summed E-state index contributed by atoms with van der Waals surface area (Å²) >= 11 is 3.43. The molecule has 0 heterocycles. The largest absolute Gasteiger partial charge is 0.468 e. The van der Waals surface area contributed by atoms with Crippen molar-refractivity contribution in [3.05, 3.63) is 33.8 Å². The third-order valence-corrected chi connectivity index (χ3v) is 3.60. The Balaban J connectivity index is 2.32. The van der Waals surface area contributed by atoms with Gasteiger partial charge in [0.1, 0.15) is 5.54 Å². The standard InChI is InChI=1S/C12H14BrNO2/c1-16-11(15)12(14)5-4-8-2-3-10(13)6-9(8)7-12/h2-3,6H,4-5,7,14H2,1H3. The molecule has 1 aromatic carbocycles. The second kappa shape index (κ2) is 4.18.